The van der Waals surface area contributed by atoms with E-state index in [2.05, 4.69) is 15.0 Å². The van der Waals surface area contributed by atoms with Gasteiger partial charge in [0.1, 0.15) is 11.2 Å². The van der Waals surface area contributed by atoms with Crippen molar-refractivity contribution in [2.24, 2.45) is 5.41 Å². The molecule has 1 amide bonds. The zero-order chi connectivity index (χ0) is 21.8. The minimum absolute atomic E-state index is 0.0229. The third kappa shape index (κ3) is 3.40. The lowest BCUT2D eigenvalue weighted by Gasteiger charge is -2.30. The highest BCUT2D eigenvalue weighted by atomic mass is 16.2. The lowest BCUT2D eigenvalue weighted by Crippen LogP contribution is -2.39. The maximum atomic E-state index is 13.1. The number of carbonyl (C=O) groups excluding carboxylic acids is 2. The summed E-state index contributed by atoms with van der Waals surface area (Å²) < 4.78 is 0. The lowest BCUT2D eigenvalue weighted by atomic mass is 9.75. The molecular weight excluding hydrogens is 392 g/mol. The number of carbonyl (C=O) groups is 2. The second kappa shape index (κ2) is 7.04. The van der Waals surface area contributed by atoms with Gasteiger partial charge in [0.2, 0.25) is 0 Å². The molecule has 0 saturated heterocycles. The monoisotopic (exact) mass is 416 g/mol. The fourth-order valence-corrected chi connectivity index (χ4v) is 4.68. The summed E-state index contributed by atoms with van der Waals surface area (Å²) in [6.07, 6.45) is 7.44. The Balaban J connectivity index is 1.40. The molecule has 0 atom stereocenters. The van der Waals surface area contributed by atoms with Gasteiger partial charge in [0.05, 0.1) is 0 Å². The summed E-state index contributed by atoms with van der Waals surface area (Å²) in [7, 11) is 0. The van der Waals surface area contributed by atoms with E-state index < -0.39 is 5.56 Å². The Morgan fingerprint density at radius 2 is 2.03 bits per heavy atom. The quantitative estimate of drug-likeness (QED) is 0.669. The Morgan fingerprint density at radius 3 is 2.81 bits per heavy atom. The first-order chi connectivity index (χ1) is 14.8. The largest absolute Gasteiger partial charge is 0.346 e. The van der Waals surface area contributed by atoms with Crippen molar-refractivity contribution in [3.63, 3.8) is 0 Å². The molecular formula is C24H24N4O3. The Labute approximate surface area is 179 Å². The Hall–Kier alpha value is -3.48. The smallest absolute Gasteiger partial charge is 0.261 e. The predicted octanol–water partition coefficient (Wildman–Crippen LogP) is 3.34. The molecule has 2 N–H and O–H groups in total. The SMILES string of the molecule is CC1(C)CC(=O)c2cc(C(=O)N3CC=C(c4c[nH]c5ncccc45)CC3)c(=O)[nH]c2C1. The van der Waals surface area contributed by atoms with E-state index in [4.69, 9.17) is 0 Å². The van der Waals surface area contributed by atoms with Gasteiger partial charge in [0.25, 0.3) is 11.5 Å². The Bertz CT molecular complexity index is 1310. The number of pyridine rings is 2. The van der Waals surface area contributed by atoms with E-state index in [-0.39, 0.29) is 22.7 Å². The molecule has 3 aromatic rings. The topological polar surface area (TPSA) is 98.9 Å². The first kappa shape index (κ1) is 19.5. The molecule has 5 rings (SSSR count). The van der Waals surface area contributed by atoms with Crippen LogP contribution < -0.4 is 5.56 Å². The normalized spacial score (nSPS) is 18.1. The van der Waals surface area contributed by atoms with E-state index in [9.17, 15) is 14.4 Å². The third-order valence-corrected chi connectivity index (χ3v) is 6.24. The molecule has 0 unspecified atom stereocenters. The van der Waals surface area contributed by atoms with Crippen LogP contribution in [0.25, 0.3) is 16.6 Å². The van der Waals surface area contributed by atoms with Crippen LogP contribution in [0, 0.1) is 5.41 Å². The summed E-state index contributed by atoms with van der Waals surface area (Å²) in [6.45, 7) is 4.94. The van der Waals surface area contributed by atoms with Crippen LogP contribution in [0.3, 0.4) is 0 Å². The number of aromatic nitrogens is 3. The molecule has 0 aromatic carbocycles. The summed E-state index contributed by atoms with van der Waals surface area (Å²) in [4.78, 5) is 50.3. The number of ketones is 1. The van der Waals surface area contributed by atoms with Gasteiger partial charge in [-0.05, 0) is 42.0 Å². The van der Waals surface area contributed by atoms with Gasteiger partial charge in [0, 0.05) is 54.1 Å². The molecule has 0 fully saturated rings. The minimum atomic E-state index is -0.424. The maximum absolute atomic E-state index is 13.1. The van der Waals surface area contributed by atoms with Gasteiger partial charge in [-0.1, -0.05) is 19.9 Å². The van der Waals surface area contributed by atoms with Crippen molar-refractivity contribution in [1.29, 1.82) is 0 Å². The fraction of sp³-hybridized carbons (Fsp3) is 0.333. The number of nitrogens with zero attached hydrogens (tertiary/aromatic N) is 2. The molecule has 7 nitrogen and oxygen atoms in total. The average molecular weight is 416 g/mol. The first-order valence-electron chi connectivity index (χ1n) is 10.5. The molecule has 3 aromatic heterocycles. The molecule has 158 valence electrons. The lowest BCUT2D eigenvalue weighted by molar-refractivity contribution is 0.0771. The van der Waals surface area contributed by atoms with E-state index in [0.717, 1.165) is 22.2 Å². The molecule has 0 spiro atoms. The summed E-state index contributed by atoms with van der Waals surface area (Å²) in [6, 6.07) is 5.43. The third-order valence-electron chi connectivity index (χ3n) is 6.24. The zero-order valence-electron chi connectivity index (χ0n) is 17.6. The van der Waals surface area contributed by atoms with Gasteiger partial charge in [-0.3, -0.25) is 14.4 Å². The van der Waals surface area contributed by atoms with Gasteiger partial charge >= 0.3 is 0 Å². The molecule has 31 heavy (non-hydrogen) atoms. The summed E-state index contributed by atoms with van der Waals surface area (Å²) in [5.74, 6) is -0.358. The highest BCUT2D eigenvalue weighted by Crippen LogP contribution is 2.34. The average Bonchev–Trinajstić information content (AvgIpc) is 3.16. The van der Waals surface area contributed by atoms with Crippen molar-refractivity contribution in [3.8, 4) is 0 Å². The second-order valence-corrected chi connectivity index (χ2v) is 9.18. The van der Waals surface area contributed by atoms with Crippen molar-refractivity contribution in [2.45, 2.75) is 33.1 Å². The van der Waals surface area contributed by atoms with E-state index >= 15 is 0 Å². The van der Waals surface area contributed by atoms with Crippen LogP contribution in [-0.4, -0.2) is 44.6 Å². The molecule has 0 bridgehead atoms. The van der Waals surface area contributed by atoms with Crippen molar-refractivity contribution in [1.82, 2.24) is 19.9 Å². The number of nitrogens with one attached hydrogen (secondary N) is 2. The van der Waals surface area contributed by atoms with Gasteiger partial charge in [0.15, 0.2) is 5.78 Å². The van der Waals surface area contributed by atoms with Crippen LogP contribution in [0.2, 0.25) is 0 Å². The minimum Gasteiger partial charge on any atom is -0.346 e. The van der Waals surface area contributed by atoms with E-state index in [1.165, 1.54) is 6.07 Å². The van der Waals surface area contributed by atoms with Crippen molar-refractivity contribution < 1.29 is 9.59 Å². The van der Waals surface area contributed by atoms with Crippen molar-refractivity contribution >= 4 is 28.3 Å². The van der Waals surface area contributed by atoms with Crippen LogP contribution in [0.4, 0.5) is 0 Å². The van der Waals surface area contributed by atoms with Crippen LogP contribution in [0.5, 0.6) is 0 Å². The number of Topliss-reactive ketones (excluding diaryl/α,β-unsaturated/α-hetero) is 1. The Kier molecular flexibility index (Phi) is 4.43. The second-order valence-electron chi connectivity index (χ2n) is 9.18. The van der Waals surface area contributed by atoms with E-state index in [1.807, 2.05) is 38.3 Å². The zero-order valence-corrected chi connectivity index (χ0v) is 17.6. The summed E-state index contributed by atoms with van der Waals surface area (Å²) in [5, 5.41) is 1.06. The molecule has 1 aliphatic carbocycles. The molecule has 2 aliphatic rings. The van der Waals surface area contributed by atoms with Gasteiger partial charge in [-0.25, -0.2) is 4.98 Å². The van der Waals surface area contributed by atoms with Gasteiger partial charge in [-0.15, -0.1) is 0 Å². The number of H-pyrrole nitrogens is 2. The van der Waals surface area contributed by atoms with Crippen LogP contribution in [-0.2, 0) is 6.42 Å². The van der Waals surface area contributed by atoms with Crippen LogP contribution in [0.1, 0.15) is 58.7 Å². The van der Waals surface area contributed by atoms with Crippen LogP contribution >= 0.6 is 0 Å². The molecule has 0 saturated carbocycles. The van der Waals surface area contributed by atoms with E-state index in [0.29, 0.717) is 43.6 Å². The maximum Gasteiger partial charge on any atom is 0.261 e. The summed E-state index contributed by atoms with van der Waals surface area (Å²) in [5.41, 5.74) is 3.62. The number of aromatic amines is 2. The van der Waals surface area contributed by atoms with Gasteiger partial charge in [-0.2, -0.15) is 0 Å². The standard InChI is InChI=1S/C24H24N4O3/c1-24(2)11-19-16(20(29)12-24)10-17(22(30)27-19)23(31)28-8-5-14(6-9-28)18-13-26-21-15(18)4-3-7-25-21/h3-5,7,10,13H,6,8-9,11-12H2,1-2H3,(H,25,26)(H,27,30). The molecule has 4 heterocycles. The van der Waals surface area contributed by atoms with E-state index in [1.54, 1.807) is 11.1 Å². The van der Waals surface area contributed by atoms with Gasteiger partial charge < -0.3 is 14.9 Å². The van der Waals surface area contributed by atoms with Crippen molar-refractivity contribution in [2.75, 3.05) is 13.1 Å². The number of hydrogen-bond donors (Lipinski definition) is 2. The number of amides is 1. The molecule has 1 aliphatic heterocycles. The highest BCUT2D eigenvalue weighted by Gasteiger charge is 2.33. The fourth-order valence-electron chi connectivity index (χ4n) is 4.68. The molecule has 7 heteroatoms. The predicted molar refractivity (Wildman–Crippen MR) is 118 cm³/mol. The number of fused-ring (bicyclic) bond motifs is 2. The highest BCUT2D eigenvalue weighted by molar-refractivity contribution is 6.02. The van der Waals surface area contributed by atoms with Crippen molar-refractivity contribution in [3.05, 3.63) is 69.4 Å². The number of rotatable bonds is 2. The summed E-state index contributed by atoms with van der Waals surface area (Å²) >= 11 is 0. The molecule has 0 radical (unpaired) electrons. The Morgan fingerprint density at radius 1 is 1.19 bits per heavy atom. The number of hydrogen-bond acceptors (Lipinski definition) is 4. The van der Waals surface area contributed by atoms with Crippen LogP contribution in [0.15, 0.2) is 41.5 Å². The first-order valence-corrected chi connectivity index (χ1v) is 10.5.